The normalized spacial score (nSPS) is 18.7. The van der Waals surface area contributed by atoms with Crippen molar-refractivity contribution in [2.45, 2.75) is 31.8 Å². The summed E-state index contributed by atoms with van der Waals surface area (Å²) < 4.78 is 13.3. The maximum atomic E-state index is 13.3. The van der Waals surface area contributed by atoms with E-state index >= 15 is 0 Å². The summed E-state index contributed by atoms with van der Waals surface area (Å²) in [4.78, 5) is 18.4. The highest BCUT2D eigenvalue weighted by molar-refractivity contribution is 5.98. The second-order valence-corrected chi connectivity index (χ2v) is 6.17. The van der Waals surface area contributed by atoms with E-state index in [2.05, 4.69) is 16.4 Å². The fraction of sp³-hybridized carbons (Fsp3) is 0.316. The van der Waals surface area contributed by atoms with Crippen molar-refractivity contribution in [3.8, 4) is 6.07 Å². The molecule has 1 N–H and O–H groups in total. The fourth-order valence-electron chi connectivity index (χ4n) is 3.07. The number of benzene rings is 1. The number of amides is 1. The third-order valence-electron chi connectivity index (χ3n) is 4.42. The summed E-state index contributed by atoms with van der Waals surface area (Å²) in [6.07, 6.45) is 4.37. The third-order valence-corrected chi connectivity index (χ3v) is 4.42. The lowest BCUT2D eigenvalue weighted by Crippen LogP contribution is -2.51. The molecule has 0 bridgehead atoms. The Morgan fingerprint density at radius 2 is 2.12 bits per heavy atom. The number of piperidine rings is 1. The largest absolute Gasteiger partial charge is 0.311 e. The van der Waals surface area contributed by atoms with Crippen LogP contribution in [0.2, 0.25) is 0 Å². The highest BCUT2D eigenvalue weighted by atomic mass is 19.1. The average Bonchev–Trinajstić information content (AvgIpc) is 2.63. The molecular formula is C19H19FN4O. The number of carbonyl (C=O) groups is 1. The zero-order chi connectivity index (χ0) is 17.8. The molecule has 1 aromatic heterocycles. The first kappa shape index (κ1) is 17.1. The maximum absolute atomic E-state index is 13.3. The van der Waals surface area contributed by atoms with Crippen LogP contribution in [0.15, 0.2) is 42.7 Å². The molecule has 0 spiro atoms. The van der Waals surface area contributed by atoms with Crippen LogP contribution in [0.5, 0.6) is 0 Å². The van der Waals surface area contributed by atoms with E-state index in [1.54, 1.807) is 35.4 Å². The first-order chi connectivity index (χ1) is 12.1. The number of aromatic nitrogens is 1. The Labute approximate surface area is 146 Å². The Hall–Kier alpha value is -2.78. The average molecular weight is 338 g/mol. The molecule has 1 aromatic carbocycles. The SMILES string of the molecule is C[C@@H](N[C@@H]1CCCN(c2ccc(C#N)cc2)C1=O)c1cncc(F)c1. The Morgan fingerprint density at radius 3 is 2.80 bits per heavy atom. The molecule has 0 saturated carbocycles. The molecule has 0 aliphatic carbocycles. The standard InChI is InChI=1S/C19H19FN4O/c1-13(15-9-16(20)12-22-11-15)23-18-3-2-8-24(19(18)25)17-6-4-14(10-21)5-7-17/h4-7,9,11-13,18,23H,2-3,8H2,1H3/t13-,18-/m1/s1. The summed E-state index contributed by atoms with van der Waals surface area (Å²) in [6, 6.07) is 9.99. The van der Waals surface area contributed by atoms with Gasteiger partial charge in [-0.25, -0.2) is 4.39 Å². The van der Waals surface area contributed by atoms with Gasteiger partial charge in [0.25, 0.3) is 0 Å². The Morgan fingerprint density at radius 1 is 1.36 bits per heavy atom. The summed E-state index contributed by atoms with van der Waals surface area (Å²) in [5, 5.41) is 12.2. The van der Waals surface area contributed by atoms with Crippen LogP contribution in [0.25, 0.3) is 0 Å². The number of hydrogen-bond donors (Lipinski definition) is 1. The molecule has 2 aromatic rings. The van der Waals surface area contributed by atoms with Crippen molar-refractivity contribution in [1.82, 2.24) is 10.3 Å². The van der Waals surface area contributed by atoms with Gasteiger partial charge in [-0.15, -0.1) is 0 Å². The van der Waals surface area contributed by atoms with Crippen molar-refractivity contribution in [2.24, 2.45) is 0 Å². The number of hydrogen-bond acceptors (Lipinski definition) is 4. The van der Waals surface area contributed by atoms with Gasteiger partial charge in [0, 0.05) is 24.5 Å². The first-order valence-electron chi connectivity index (χ1n) is 8.26. The van der Waals surface area contributed by atoms with Gasteiger partial charge >= 0.3 is 0 Å². The molecule has 1 aliphatic rings. The lowest BCUT2D eigenvalue weighted by molar-refractivity contribution is -0.122. The van der Waals surface area contributed by atoms with E-state index in [0.29, 0.717) is 17.7 Å². The van der Waals surface area contributed by atoms with Gasteiger partial charge in [-0.1, -0.05) is 0 Å². The van der Waals surface area contributed by atoms with E-state index in [-0.39, 0.29) is 23.8 Å². The van der Waals surface area contributed by atoms with E-state index < -0.39 is 0 Å². The van der Waals surface area contributed by atoms with E-state index in [1.807, 2.05) is 6.92 Å². The highest BCUT2D eigenvalue weighted by Gasteiger charge is 2.30. The summed E-state index contributed by atoms with van der Waals surface area (Å²) in [5.74, 6) is -0.396. The molecule has 1 amide bonds. The molecule has 6 heteroatoms. The van der Waals surface area contributed by atoms with Gasteiger partial charge in [-0.05, 0) is 55.7 Å². The first-order valence-corrected chi connectivity index (χ1v) is 8.26. The van der Waals surface area contributed by atoms with Gasteiger partial charge in [0.2, 0.25) is 5.91 Å². The molecule has 1 saturated heterocycles. The predicted octanol–water partition coefficient (Wildman–Crippen LogP) is 2.94. The van der Waals surface area contributed by atoms with E-state index in [0.717, 1.165) is 24.7 Å². The molecule has 3 rings (SSSR count). The van der Waals surface area contributed by atoms with Crippen molar-refractivity contribution in [3.05, 3.63) is 59.7 Å². The quantitative estimate of drug-likeness (QED) is 0.930. The second kappa shape index (κ2) is 7.41. The number of halogens is 1. The minimum absolute atomic E-state index is 0.00725. The number of pyridine rings is 1. The topological polar surface area (TPSA) is 69.0 Å². The summed E-state index contributed by atoms with van der Waals surface area (Å²) in [6.45, 7) is 2.54. The zero-order valence-corrected chi connectivity index (χ0v) is 13.9. The van der Waals surface area contributed by atoms with Gasteiger partial charge in [-0.3, -0.25) is 15.1 Å². The van der Waals surface area contributed by atoms with Crippen LogP contribution >= 0.6 is 0 Å². The predicted molar refractivity (Wildman–Crippen MR) is 92.3 cm³/mol. The van der Waals surface area contributed by atoms with E-state index in [1.165, 1.54) is 6.07 Å². The monoisotopic (exact) mass is 338 g/mol. The second-order valence-electron chi connectivity index (χ2n) is 6.17. The van der Waals surface area contributed by atoms with Crippen LogP contribution in [0.4, 0.5) is 10.1 Å². The summed E-state index contributed by atoms with van der Waals surface area (Å²) in [7, 11) is 0. The zero-order valence-electron chi connectivity index (χ0n) is 13.9. The van der Waals surface area contributed by atoms with Crippen LogP contribution in [-0.2, 0) is 4.79 Å². The molecule has 25 heavy (non-hydrogen) atoms. The Kier molecular flexibility index (Phi) is 5.05. The van der Waals surface area contributed by atoms with Gasteiger partial charge in [0.05, 0.1) is 23.9 Å². The number of nitrogens with one attached hydrogen (secondary N) is 1. The van der Waals surface area contributed by atoms with Crippen molar-refractivity contribution >= 4 is 11.6 Å². The number of anilines is 1. The van der Waals surface area contributed by atoms with E-state index in [9.17, 15) is 9.18 Å². The van der Waals surface area contributed by atoms with Gasteiger partial charge in [0.1, 0.15) is 5.82 Å². The van der Waals surface area contributed by atoms with Gasteiger partial charge in [0.15, 0.2) is 0 Å². The lowest BCUT2D eigenvalue weighted by Gasteiger charge is -2.34. The van der Waals surface area contributed by atoms with Crippen molar-refractivity contribution in [1.29, 1.82) is 5.26 Å². The van der Waals surface area contributed by atoms with Crippen LogP contribution < -0.4 is 10.2 Å². The third kappa shape index (κ3) is 3.83. The van der Waals surface area contributed by atoms with E-state index in [4.69, 9.17) is 5.26 Å². The van der Waals surface area contributed by atoms with Gasteiger partial charge in [-0.2, -0.15) is 5.26 Å². The Balaban J connectivity index is 1.72. The smallest absolute Gasteiger partial charge is 0.244 e. The van der Waals surface area contributed by atoms with Crippen LogP contribution in [0.1, 0.15) is 36.9 Å². The molecule has 1 aliphatic heterocycles. The number of carbonyl (C=O) groups excluding carboxylic acids is 1. The minimum atomic E-state index is -0.389. The Bertz CT molecular complexity index is 800. The molecular weight excluding hydrogens is 319 g/mol. The molecule has 0 unspecified atom stereocenters. The molecule has 0 radical (unpaired) electrons. The molecule has 5 nitrogen and oxygen atoms in total. The summed E-state index contributed by atoms with van der Waals surface area (Å²) in [5.41, 5.74) is 2.06. The lowest BCUT2D eigenvalue weighted by atomic mass is 10.0. The van der Waals surface area contributed by atoms with Crippen molar-refractivity contribution in [2.75, 3.05) is 11.4 Å². The van der Waals surface area contributed by atoms with Crippen LogP contribution in [-0.4, -0.2) is 23.5 Å². The number of nitrogens with zero attached hydrogens (tertiary/aromatic N) is 3. The number of nitriles is 1. The molecule has 1 fully saturated rings. The van der Waals surface area contributed by atoms with Crippen molar-refractivity contribution < 1.29 is 9.18 Å². The maximum Gasteiger partial charge on any atom is 0.244 e. The van der Waals surface area contributed by atoms with Crippen LogP contribution in [0.3, 0.4) is 0 Å². The van der Waals surface area contributed by atoms with Crippen molar-refractivity contribution in [3.63, 3.8) is 0 Å². The molecule has 2 atom stereocenters. The molecule has 128 valence electrons. The fourth-order valence-corrected chi connectivity index (χ4v) is 3.07. The minimum Gasteiger partial charge on any atom is -0.311 e. The summed E-state index contributed by atoms with van der Waals surface area (Å²) >= 11 is 0. The van der Waals surface area contributed by atoms with Gasteiger partial charge < -0.3 is 4.90 Å². The molecule has 2 heterocycles. The highest BCUT2D eigenvalue weighted by Crippen LogP contribution is 2.23. The van der Waals surface area contributed by atoms with Crippen LogP contribution in [0, 0.1) is 17.1 Å². The number of rotatable bonds is 4.